The molecule has 3 rings (SSSR count). The molecule has 17 heavy (non-hydrogen) atoms. The van der Waals surface area contributed by atoms with E-state index in [4.69, 9.17) is 0 Å². The predicted molar refractivity (Wildman–Crippen MR) is 73.1 cm³/mol. The molecule has 1 fully saturated rings. The van der Waals surface area contributed by atoms with Gasteiger partial charge < -0.3 is 0 Å². The van der Waals surface area contributed by atoms with Crippen LogP contribution in [0.25, 0.3) is 11.3 Å². The normalized spacial score (nSPS) is 15.9. The molecular formula is C14H15BrN2. The van der Waals surface area contributed by atoms with Gasteiger partial charge in [0.15, 0.2) is 0 Å². The van der Waals surface area contributed by atoms with Gasteiger partial charge in [-0.25, -0.2) is 0 Å². The zero-order valence-corrected chi connectivity index (χ0v) is 11.4. The summed E-state index contributed by atoms with van der Waals surface area (Å²) in [6, 6.07) is 8.37. The van der Waals surface area contributed by atoms with Crippen molar-refractivity contribution in [2.24, 2.45) is 0 Å². The van der Waals surface area contributed by atoms with Crippen LogP contribution in [0.3, 0.4) is 0 Å². The monoisotopic (exact) mass is 290 g/mol. The second-order valence-corrected chi connectivity index (χ2v) is 5.54. The fraction of sp³-hybridized carbons (Fsp3) is 0.357. The summed E-state index contributed by atoms with van der Waals surface area (Å²) < 4.78 is 1.15. The van der Waals surface area contributed by atoms with E-state index in [9.17, 15) is 0 Å². The predicted octanol–water partition coefficient (Wildman–Crippen LogP) is 4.42. The lowest BCUT2D eigenvalue weighted by molar-refractivity contribution is 0.409. The highest BCUT2D eigenvalue weighted by atomic mass is 79.9. The highest BCUT2D eigenvalue weighted by Crippen LogP contribution is 2.41. The molecule has 1 aromatic carbocycles. The first-order valence-electron chi connectivity index (χ1n) is 6.07. The smallest absolute Gasteiger partial charge is 0.107 e. The van der Waals surface area contributed by atoms with Gasteiger partial charge in [-0.2, -0.15) is 5.10 Å². The van der Waals surface area contributed by atoms with Crippen LogP contribution < -0.4 is 0 Å². The molecule has 3 heteroatoms. The van der Waals surface area contributed by atoms with Crippen LogP contribution in [-0.2, 0) is 0 Å². The van der Waals surface area contributed by atoms with E-state index in [-0.39, 0.29) is 0 Å². The fourth-order valence-electron chi connectivity index (χ4n) is 2.33. The molecule has 0 unspecified atom stereocenters. The second-order valence-electron chi connectivity index (χ2n) is 4.74. The van der Waals surface area contributed by atoms with Crippen LogP contribution in [0.4, 0.5) is 0 Å². The first kappa shape index (κ1) is 11.0. The van der Waals surface area contributed by atoms with E-state index in [2.05, 4.69) is 57.3 Å². The van der Waals surface area contributed by atoms with Crippen molar-refractivity contribution in [2.75, 3.05) is 0 Å². The van der Waals surface area contributed by atoms with Gasteiger partial charge in [-0.05, 0) is 41.3 Å². The summed E-state index contributed by atoms with van der Waals surface area (Å²) in [5, 5.41) is 7.68. The molecule has 88 valence electrons. The quantitative estimate of drug-likeness (QED) is 0.872. The number of H-pyrrole nitrogens is 1. The largest absolute Gasteiger partial charge is 0.280 e. The summed E-state index contributed by atoms with van der Waals surface area (Å²) in [6.07, 6.45) is 3.91. The third kappa shape index (κ3) is 1.82. The third-order valence-electron chi connectivity index (χ3n) is 3.65. The maximum absolute atomic E-state index is 4.48. The van der Waals surface area contributed by atoms with Crippen molar-refractivity contribution >= 4 is 15.9 Å². The molecule has 2 aromatic rings. The van der Waals surface area contributed by atoms with Gasteiger partial charge in [0.1, 0.15) is 5.69 Å². The van der Waals surface area contributed by atoms with Crippen LogP contribution in [0.2, 0.25) is 0 Å². The van der Waals surface area contributed by atoms with Crippen molar-refractivity contribution in [1.29, 1.82) is 0 Å². The summed E-state index contributed by atoms with van der Waals surface area (Å²) in [6.45, 7) is 2.12. The van der Waals surface area contributed by atoms with Gasteiger partial charge in [0.05, 0.1) is 10.2 Å². The van der Waals surface area contributed by atoms with Gasteiger partial charge in [-0.1, -0.05) is 30.7 Å². The Morgan fingerprint density at radius 3 is 2.71 bits per heavy atom. The summed E-state index contributed by atoms with van der Waals surface area (Å²) >= 11 is 3.70. The van der Waals surface area contributed by atoms with Crippen molar-refractivity contribution in [3.8, 4) is 11.3 Å². The van der Waals surface area contributed by atoms with Gasteiger partial charge in [-0.15, -0.1) is 0 Å². The average molecular weight is 291 g/mol. The Kier molecular flexibility index (Phi) is 2.79. The number of aromatic nitrogens is 2. The van der Waals surface area contributed by atoms with Crippen molar-refractivity contribution in [2.45, 2.75) is 32.1 Å². The van der Waals surface area contributed by atoms with Crippen molar-refractivity contribution in [1.82, 2.24) is 10.2 Å². The van der Waals surface area contributed by atoms with Crippen LogP contribution >= 0.6 is 15.9 Å². The number of hydrogen-bond donors (Lipinski definition) is 1. The minimum Gasteiger partial charge on any atom is -0.280 e. The van der Waals surface area contributed by atoms with Gasteiger partial charge in [0.2, 0.25) is 0 Å². The molecule has 0 amide bonds. The molecule has 1 aromatic heterocycles. The van der Waals surface area contributed by atoms with Crippen molar-refractivity contribution in [3.63, 3.8) is 0 Å². The molecule has 1 aliphatic carbocycles. The van der Waals surface area contributed by atoms with Crippen LogP contribution in [0.1, 0.15) is 36.4 Å². The Labute approximate surface area is 110 Å². The molecular weight excluding hydrogens is 276 g/mol. The summed E-state index contributed by atoms with van der Waals surface area (Å²) in [5.41, 5.74) is 4.79. The van der Waals surface area contributed by atoms with E-state index < -0.39 is 0 Å². The maximum atomic E-state index is 4.48. The number of nitrogens with zero attached hydrogens (tertiary/aromatic N) is 1. The third-order valence-corrected chi connectivity index (χ3v) is 4.45. The number of benzene rings is 1. The summed E-state index contributed by atoms with van der Waals surface area (Å²) in [4.78, 5) is 0. The number of aromatic amines is 1. The lowest BCUT2D eigenvalue weighted by atomic mass is 9.83. The highest BCUT2D eigenvalue weighted by Gasteiger charge is 2.25. The van der Waals surface area contributed by atoms with Gasteiger partial charge >= 0.3 is 0 Å². The lowest BCUT2D eigenvalue weighted by Gasteiger charge is -2.24. The highest BCUT2D eigenvalue weighted by molar-refractivity contribution is 9.10. The van der Waals surface area contributed by atoms with E-state index in [0.29, 0.717) is 5.92 Å². The van der Waals surface area contributed by atoms with E-state index in [1.54, 1.807) is 0 Å². The number of hydrogen-bond acceptors (Lipinski definition) is 1. The SMILES string of the molecule is Cc1ccccc1-c1n[nH]c(C2CCC2)c1Br. The fourth-order valence-corrected chi connectivity index (χ4v) is 3.04. The minimum absolute atomic E-state index is 0.676. The van der Waals surface area contributed by atoms with Gasteiger partial charge in [0, 0.05) is 11.5 Å². The summed E-state index contributed by atoms with van der Waals surface area (Å²) in [7, 11) is 0. The average Bonchev–Trinajstić information content (AvgIpc) is 2.60. The van der Waals surface area contributed by atoms with Crippen LogP contribution in [0, 0.1) is 6.92 Å². The number of aryl methyl sites for hydroxylation is 1. The first-order valence-corrected chi connectivity index (χ1v) is 6.86. The molecule has 1 saturated carbocycles. The van der Waals surface area contributed by atoms with E-state index in [1.165, 1.54) is 36.1 Å². The Morgan fingerprint density at radius 1 is 1.29 bits per heavy atom. The molecule has 1 N–H and O–H groups in total. The van der Waals surface area contributed by atoms with E-state index in [0.717, 1.165) is 10.2 Å². The standard InChI is InChI=1S/C14H15BrN2/c1-9-5-2-3-8-11(9)14-12(15)13(16-17-14)10-6-4-7-10/h2-3,5,8,10H,4,6-7H2,1H3,(H,16,17). The van der Waals surface area contributed by atoms with Gasteiger partial charge in [-0.3, -0.25) is 5.10 Å². The van der Waals surface area contributed by atoms with Crippen LogP contribution in [-0.4, -0.2) is 10.2 Å². The van der Waals surface area contributed by atoms with E-state index >= 15 is 0 Å². The number of rotatable bonds is 2. The molecule has 0 bridgehead atoms. The van der Waals surface area contributed by atoms with Crippen molar-refractivity contribution in [3.05, 3.63) is 40.0 Å². The molecule has 0 aliphatic heterocycles. The molecule has 0 spiro atoms. The first-order chi connectivity index (χ1) is 8.27. The topological polar surface area (TPSA) is 28.7 Å². The molecule has 0 radical (unpaired) electrons. The molecule has 0 atom stereocenters. The lowest BCUT2D eigenvalue weighted by Crippen LogP contribution is -2.09. The zero-order valence-electron chi connectivity index (χ0n) is 9.83. The second kappa shape index (κ2) is 4.30. The van der Waals surface area contributed by atoms with E-state index in [1.807, 2.05) is 0 Å². The van der Waals surface area contributed by atoms with Gasteiger partial charge in [0.25, 0.3) is 0 Å². The van der Waals surface area contributed by atoms with Crippen LogP contribution in [0.15, 0.2) is 28.7 Å². The summed E-state index contributed by atoms with van der Waals surface area (Å²) in [5.74, 6) is 0.676. The Hall–Kier alpha value is -1.09. The molecule has 1 aliphatic rings. The number of nitrogens with one attached hydrogen (secondary N) is 1. The Bertz CT molecular complexity index is 541. The molecule has 2 nitrogen and oxygen atoms in total. The zero-order chi connectivity index (χ0) is 11.8. The molecule has 1 heterocycles. The Balaban J connectivity index is 2.04. The van der Waals surface area contributed by atoms with Crippen LogP contribution in [0.5, 0.6) is 0 Å². The maximum Gasteiger partial charge on any atom is 0.107 e. The molecule has 0 saturated heterocycles. The minimum atomic E-state index is 0.676. The number of halogens is 1. The Morgan fingerprint density at radius 2 is 2.06 bits per heavy atom. The van der Waals surface area contributed by atoms with Crippen molar-refractivity contribution < 1.29 is 0 Å².